The van der Waals surface area contributed by atoms with E-state index in [1.54, 1.807) is 6.07 Å². The highest BCUT2D eigenvalue weighted by Gasteiger charge is 2.37. The van der Waals surface area contributed by atoms with E-state index in [0.717, 1.165) is 5.56 Å². The van der Waals surface area contributed by atoms with Gasteiger partial charge in [0.2, 0.25) is 0 Å². The highest BCUT2D eigenvalue weighted by atomic mass is 16.5. The molecule has 0 amide bonds. The molecule has 4 atom stereocenters. The van der Waals surface area contributed by atoms with E-state index in [2.05, 4.69) is 24.3 Å². The summed E-state index contributed by atoms with van der Waals surface area (Å²) in [5.41, 5.74) is 5.10. The highest BCUT2D eigenvalue weighted by Crippen LogP contribution is 2.37. The van der Waals surface area contributed by atoms with Crippen LogP contribution in [-0.4, -0.2) is 45.3 Å². The fourth-order valence-corrected chi connectivity index (χ4v) is 3.89. The lowest BCUT2D eigenvalue weighted by Gasteiger charge is -2.36. The monoisotopic (exact) mass is 380 g/mol. The van der Waals surface area contributed by atoms with E-state index in [9.17, 15) is 20.4 Å². The normalized spacial score (nSPS) is 25.1. The molecule has 0 saturated carbocycles. The Morgan fingerprint density at radius 3 is 2.29 bits per heavy atom. The topological polar surface area (TPSA) is 90.2 Å². The van der Waals surface area contributed by atoms with Gasteiger partial charge >= 0.3 is 0 Å². The smallest absolute Gasteiger partial charge is 0.121 e. The van der Waals surface area contributed by atoms with Gasteiger partial charge in [-0.3, -0.25) is 0 Å². The molecule has 0 aromatic heterocycles. The third kappa shape index (κ3) is 3.75. The summed E-state index contributed by atoms with van der Waals surface area (Å²) >= 11 is 0. The molecule has 1 aliphatic heterocycles. The predicted molar refractivity (Wildman–Crippen MR) is 105 cm³/mol. The Balaban J connectivity index is 1.59. The molecular weight excluding hydrogens is 356 g/mol. The van der Waals surface area contributed by atoms with Gasteiger partial charge in [-0.25, -0.2) is 0 Å². The Kier molecular flexibility index (Phi) is 5.33. The van der Waals surface area contributed by atoms with Crippen molar-refractivity contribution in [2.75, 3.05) is 6.61 Å². The average Bonchev–Trinajstić information content (AvgIpc) is 2.93. The van der Waals surface area contributed by atoms with Crippen molar-refractivity contribution >= 4 is 0 Å². The first-order chi connectivity index (χ1) is 13.5. The molecular formula is C23H24O5. The third-order valence-electron chi connectivity index (χ3n) is 5.39. The van der Waals surface area contributed by atoms with Crippen LogP contribution in [0.1, 0.15) is 29.2 Å². The van der Waals surface area contributed by atoms with E-state index >= 15 is 0 Å². The van der Waals surface area contributed by atoms with Gasteiger partial charge in [-0.15, -0.1) is 0 Å². The molecule has 5 nitrogen and oxygen atoms in total. The second kappa shape index (κ2) is 7.89. The summed E-state index contributed by atoms with van der Waals surface area (Å²) in [4.78, 5) is 0. The molecule has 1 saturated heterocycles. The minimum absolute atomic E-state index is 0.0775. The van der Waals surface area contributed by atoms with Gasteiger partial charge in [-0.05, 0) is 40.8 Å². The van der Waals surface area contributed by atoms with Crippen LogP contribution in [0.4, 0.5) is 0 Å². The molecule has 0 spiro atoms. The molecule has 28 heavy (non-hydrogen) atoms. The van der Waals surface area contributed by atoms with Gasteiger partial charge < -0.3 is 25.2 Å². The lowest BCUT2D eigenvalue weighted by atomic mass is 9.92. The number of aliphatic hydroxyl groups is 3. The molecule has 0 radical (unpaired) electrons. The predicted octanol–water partition coefficient (Wildman–Crippen LogP) is 2.63. The second-order valence-corrected chi connectivity index (χ2v) is 7.39. The van der Waals surface area contributed by atoms with Crippen LogP contribution in [-0.2, 0) is 11.2 Å². The van der Waals surface area contributed by atoms with Gasteiger partial charge in [-0.2, -0.15) is 0 Å². The first-order valence-corrected chi connectivity index (χ1v) is 9.47. The molecule has 1 aromatic rings. The number of phenolic OH excluding ortho intramolecular Hbond substituents is 1. The summed E-state index contributed by atoms with van der Waals surface area (Å²) in [5, 5.41) is 39.7. The summed E-state index contributed by atoms with van der Waals surface area (Å²) in [5.74, 6) is 0.0775. The van der Waals surface area contributed by atoms with Crippen LogP contribution in [0.25, 0.3) is 11.1 Å². The number of rotatable bonds is 4. The van der Waals surface area contributed by atoms with Crippen molar-refractivity contribution in [2.45, 2.75) is 37.3 Å². The zero-order valence-corrected chi connectivity index (χ0v) is 15.4. The van der Waals surface area contributed by atoms with Crippen molar-refractivity contribution in [1.82, 2.24) is 0 Å². The van der Waals surface area contributed by atoms with Gasteiger partial charge in [0.1, 0.15) is 18.0 Å². The first kappa shape index (κ1) is 18.9. The maximum atomic E-state index is 10.3. The van der Waals surface area contributed by atoms with Crippen LogP contribution in [0.3, 0.4) is 0 Å². The number of fused-ring (bicyclic) bond motifs is 1. The lowest BCUT2D eigenvalue weighted by molar-refractivity contribution is -0.181. The quantitative estimate of drug-likeness (QED) is 0.559. The standard InChI is InChI=1S/C23H24O5/c24-13-22-23(27)20(26)12-21(28-22)18-11-14(6-7-19(18)25)8-15-9-16-4-2-1-3-5-17(16)10-15/h1-7,9-11,20-27H,8,12-13H2/t20-,21-,22-,23+/m1/s1. The zero-order chi connectivity index (χ0) is 19.7. The Morgan fingerprint density at radius 1 is 0.893 bits per heavy atom. The van der Waals surface area contributed by atoms with Crippen molar-refractivity contribution in [1.29, 1.82) is 0 Å². The second-order valence-electron chi connectivity index (χ2n) is 7.39. The Morgan fingerprint density at radius 2 is 1.61 bits per heavy atom. The van der Waals surface area contributed by atoms with E-state index < -0.39 is 31.0 Å². The molecule has 0 unspecified atom stereocenters. The fraction of sp³-hybridized carbons (Fsp3) is 0.304. The molecule has 4 rings (SSSR count). The van der Waals surface area contributed by atoms with Crippen LogP contribution in [0.2, 0.25) is 0 Å². The van der Waals surface area contributed by atoms with Gasteiger partial charge in [-0.1, -0.05) is 48.5 Å². The SMILES string of the molecule is OC[C@H]1O[C@@H](c2cc(Cc3cc4cccccc-4c3)ccc2O)C[C@@H](O)[C@@H]1O. The maximum Gasteiger partial charge on any atom is 0.121 e. The van der Waals surface area contributed by atoms with E-state index in [1.807, 2.05) is 30.3 Å². The summed E-state index contributed by atoms with van der Waals surface area (Å²) in [6.45, 7) is -0.396. The Hall–Kier alpha value is -2.44. The van der Waals surface area contributed by atoms with E-state index in [-0.39, 0.29) is 12.2 Å². The summed E-state index contributed by atoms with van der Waals surface area (Å²) < 4.78 is 5.73. The van der Waals surface area contributed by atoms with E-state index in [0.29, 0.717) is 12.0 Å². The maximum absolute atomic E-state index is 10.3. The van der Waals surface area contributed by atoms with Crippen molar-refractivity contribution in [3.8, 4) is 16.9 Å². The molecule has 5 heteroatoms. The van der Waals surface area contributed by atoms with Crippen LogP contribution in [0.5, 0.6) is 5.75 Å². The largest absolute Gasteiger partial charge is 0.508 e. The summed E-state index contributed by atoms with van der Waals surface area (Å²) in [6, 6.07) is 19.9. The molecule has 146 valence electrons. The van der Waals surface area contributed by atoms with Gasteiger partial charge in [0, 0.05) is 12.0 Å². The lowest BCUT2D eigenvalue weighted by Crippen LogP contribution is -2.47. The third-order valence-corrected chi connectivity index (χ3v) is 5.39. The van der Waals surface area contributed by atoms with Crippen LogP contribution in [0, 0.1) is 0 Å². The van der Waals surface area contributed by atoms with Gasteiger partial charge in [0.15, 0.2) is 0 Å². The zero-order valence-electron chi connectivity index (χ0n) is 15.4. The number of phenols is 1. The summed E-state index contributed by atoms with van der Waals surface area (Å²) in [6.07, 6.45) is -2.76. The Bertz CT molecular complexity index is 894. The number of hydrogen-bond acceptors (Lipinski definition) is 5. The number of aromatic hydroxyl groups is 1. The van der Waals surface area contributed by atoms with Crippen molar-refractivity contribution in [3.63, 3.8) is 0 Å². The molecule has 3 aliphatic rings. The van der Waals surface area contributed by atoms with E-state index in [4.69, 9.17) is 4.74 Å². The molecule has 1 aromatic carbocycles. The summed E-state index contributed by atoms with van der Waals surface area (Å²) in [7, 11) is 0. The molecule has 2 aliphatic carbocycles. The minimum Gasteiger partial charge on any atom is -0.508 e. The van der Waals surface area contributed by atoms with Crippen molar-refractivity contribution < 1.29 is 25.2 Å². The van der Waals surface area contributed by atoms with Crippen LogP contribution in [0.15, 0.2) is 60.7 Å². The number of benzene rings is 1. The molecule has 4 N–H and O–H groups in total. The number of hydrogen-bond donors (Lipinski definition) is 4. The minimum atomic E-state index is -1.13. The highest BCUT2D eigenvalue weighted by molar-refractivity contribution is 5.68. The average molecular weight is 380 g/mol. The fourth-order valence-electron chi connectivity index (χ4n) is 3.89. The molecule has 1 fully saturated rings. The number of aliphatic hydroxyl groups excluding tert-OH is 3. The van der Waals surface area contributed by atoms with Crippen molar-refractivity contribution in [2.24, 2.45) is 0 Å². The molecule has 0 bridgehead atoms. The van der Waals surface area contributed by atoms with Gasteiger partial charge in [0.05, 0.1) is 18.8 Å². The Labute approximate surface area is 163 Å². The van der Waals surface area contributed by atoms with Crippen LogP contribution >= 0.6 is 0 Å². The van der Waals surface area contributed by atoms with Crippen LogP contribution < -0.4 is 0 Å². The molecule has 1 heterocycles. The van der Waals surface area contributed by atoms with E-state index in [1.165, 1.54) is 16.7 Å². The first-order valence-electron chi connectivity index (χ1n) is 9.47. The van der Waals surface area contributed by atoms with Gasteiger partial charge in [0.25, 0.3) is 0 Å². The number of ether oxygens (including phenoxy) is 1. The van der Waals surface area contributed by atoms with Crippen molar-refractivity contribution in [3.05, 3.63) is 77.4 Å².